The maximum atomic E-state index is 11.5. The van der Waals surface area contributed by atoms with Crippen molar-refractivity contribution in [2.24, 2.45) is 5.92 Å². The molecule has 2 rings (SSSR count). The Bertz CT molecular complexity index is 408. The first-order valence-electron chi connectivity index (χ1n) is 6.97. The molecule has 0 saturated carbocycles. The molecular formula is C15H23N3O. The Morgan fingerprint density at radius 2 is 1.95 bits per heavy atom. The van der Waals surface area contributed by atoms with E-state index in [0.29, 0.717) is 0 Å². The van der Waals surface area contributed by atoms with Crippen molar-refractivity contribution in [1.82, 2.24) is 10.2 Å². The Morgan fingerprint density at radius 1 is 1.32 bits per heavy atom. The third kappa shape index (κ3) is 3.96. The minimum Gasteiger partial charge on any atom is -0.399 e. The maximum absolute atomic E-state index is 11.5. The SMILES string of the molecule is CNC(=O)C1CCN(CCc2ccc(N)cc2)CC1. The molecule has 4 heteroatoms. The second kappa shape index (κ2) is 6.57. The minimum atomic E-state index is 0.193. The van der Waals surface area contributed by atoms with E-state index in [0.717, 1.165) is 44.6 Å². The van der Waals surface area contributed by atoms with Gasteiger partial charge in [0.25, 0.3) is 0 Å². The van der Waals surface area contributed by atoms with Crippen molar-refractivity contribution >= 4 is 11.6 Å². The Morgan fingerprint density at radius 3 is 2.53 bits per heavy atom. The Kier molecular flexibility index (Phi) is 4.80. The highest BCUT2D eigenvalue weighted by Gasteiger charge is 2.23. The lowest BCUT2D eigenvalue weighted by molar-refractivity contribution is -0.125. The molecule has 0 atom stereocenters. The third-order valence-corrected chi connectivity index (χ3v) is 3.90. The van der Waals surface area contributed by atoms with E-state index in [-0.39, 0.29) is 11.8 Å². The summed E-state index contributed by atoms with van der Waals surface area (Å²) < 4.78 is 0. The van der Waals surface area contributed by atoms with E-state index < -0.39 is 0 Å². The molecular weight excluding hydrogens is 238 g/mol. The molecule has 1 aliphatic heterocycles. The van der Waals surface area contributed by atoms with Crippen LogP contribution in [0.3, 0.4) is 0 Å². The first-order chi connectivity index (χ1) is 9.19. The van der Waals surface area contributed by atoms with Crippen LogP contribution >= 0.6 is 0 Å². The molecule has 1 saturated heterocycles. The Hall–Kier alpha value is -1.55. The molecule has 4 nitrogen and oxygen atoms in total. The number of carbonyl (C=O) groups is 1. The van der Waals surface area contributed by atoms with Crippen LogP contribution in [0.4, 0.5) is 5.69 Å². The fourth-order valence-electron chi connectivity index (χ4n) is 2.59. The predicted octanol–water partition coefficient (Wildman–Crippen LogP) is 1.27. The van der Waals surface area contributed by atoms with Gasteiger partial charge in [0.2, 0.25) is 5.91 Å². The molecule has 1 heterocycles. The summed E-state index contributed by atoms with van der Waals surface area (Å²) in [5, 5.41) is 2.74. The number of benzene rings is 1. The number of nitrogens with two attached hydrogens (primary N) is 1. The van der Waals surface area contributed by atoms with Gasteiger partial charge in [-0.05, 0) is 50.0 Å². The molecule has 1 aromatic carbocycles. The second-order valence-corrected chi connectivity index (χ2v) is 5.22. The van der Waals surface area contributed by atoms with Gasteiger partial charge in [-0.25, -0.2) is 0 Å². The topological polar surface area (TPSA) is 58.4 Å². The van der Waals surface area contributed by atoms with Crippen LogP contribution in [-0.2, 0) is 11.2 Å². The largest absolute Gasteiger partial charge is 0.399 e. The van der Waals surface area contributed by atoms with E-state index in [1.165, 1.54) is 5.56 Å². The summed E-state index contributed by atoms with van der Waals surface area (Å²) in [5.74, 6) is 0.399. The lowest BCUT2D eigenvalue weighted by Gasteiger charge is -2.31. The summed E-state index contributed by atoms with van der Waals surface area (Å²) >= 11 is 0. The normalized spacial score (nSPS) is 17.3. The van der Waals surface area contributed by atoms with Crippen molar-refractivity contribution < 1.29 is 4.79 Å². The number of hydrogen-bond donors (Lipinski definition) is 2. The smallest absolute Gasteiger partial charge is 0.222 e. The molecule has 19 heavy (non-hydrogen) atoms. The molecule has 0 unspecified atom stereocenters. The standard InChI is InChI=1S/C15H23N3O/c1-17-15(19)13-7-10-18(11-8-13)9-6-12-2-4-14(16)5-3-12/h2-5,13H,6-11,16H2,1H3,(H,17,19). The first kappa shape index (κ1) is 13.9. The van der Waals surface area contributed by atoms with Crippen molar-refractivity contribution in [2.45, 2.75) is 19.3 Å². The fourth-order valence-corrected chi connectivity index (χ4v) is 2.59. The van der Waals surface area contributed by atoms with Crippen LogP contribution in [0, 0.1) is 5.92 Å². The summed E-state index contributed by atoms with van der Waals surface area (Å²) in [7, 11) is 1.72. The van der Waals surface area contributed by atoms with Crippen molar-refractivity contribution in [2.75, 3.05) is 32.4 Å². The number of piperidine rings is 1. The van der Waals surface area contributed by atoms with Gasteiger partial charge in [0.05, 0.1) is 0 Å². The summed E-state index contributed by atoms with van der Waals surface area (Å²) in [6.07, 6.45) is 2.99. The Labute approximate surface area is 115 Å². The number of rotatable bonds is 4. The van der Waals surface area contributed by atoms with Crippen LogP contribution in [0.15, 0.2) is 24.3 Å². The number of nitrogen functional groups attached to an aromatic ring is 1. The highest BCUT2D eigenvalue weighted by molar-refractivity contribution is 5.78. The summed E-state index contributed by atoms with van der Waals surface area (Å²) in [6.45, 7) is 3.10. The van der Waals surface area contributed by atoms with E-state index in [2.05, 4.69) is 22.3 Å². The number of hydrogen-bond acceptors (Lipinski definition) is 3. The van der Waals surface area contributed by atoms with E-state index in [9.17, 15) is 4.79 Å². The number of carbonyl (C=O) groups excluding carboxylic acids is 1. The molecule has 0 aromatic heterocycles. The molecule has 1 amide bonds. The zero-order chi connectivity index (χ0) is 13.7. The maximum Gasteiger partial charge on any atom is 0.222 e. The van der Waals surface area contributed by atoms with E-state index in [1.807, 2.05) is 12.1 Å². The highest BCUT2D eigenvalue weighted by Crippen LogP contribution is 2.17. The summed E-state index contributed by atoms with van der Waals surface area (Å²) in [5.41, 5.74) is 7.81. The zero-order valence-electron chi connectivity index (χ0n) is 11.6. The van der Waals surface area contributed by atoms with Crippen LogP contribution in [0.5, 0.6) is 0 Å². The molecule has 104 valence electrons. The van der Waals surface area contributed by atoms with Gasteiger partial charge in [-0.3, -0.25) is 4.79 Å². The molecule has 0 radical (unpaired) electrons. The molecule has 1 aromatic rings. The first-order valence-corrected chi connectivity index (χ1v) is 6.97. The van der Waals surface area contributed by atoms with E-state index >= 15 is 0 Å². The summed E-state index contributed by atoms with van der Waals surface area (Å²) in [4.78, 5) is 14.0. The molecule has 0 bridgehead atoms. The highest BCUT2D eigenvalue weighted by atomic mass is 16.1. The minimum absolute atomic E-state index is 0.193. The number of anilines is 1. The molecule has 0 spiro atoms. The third-order valence-electron chi connectivity index (χ3n) is 3.90. The van der Waals surface area contributed by atoms with Crippen molar-refractivity contribution in [3.8, 4) is 0 Å². The number of nitrogens with one attached hydrogen (secondary N) is 1. The van der Waals surface area contributed by atoms with Gasteiger partial charge in [-0.1, -0.05) is 12.1 Å². The number of amides is 1. The van der Waals surface area contributed by atoms with Crippen molar-refractivity contribution in [3.05, 3.63) is 29.8 Å². The quantitative estimate of drug-likeness (QED) is 0.803. The fraction of sp³-hybridized carbons (Fsp3) is 0.533. The molecule has 1 fully saturated rings. The van der Waals surface area contributed by atoms with Crippen LogP contribution < -0.4 is 11.1 Å². The van der Waals surface area contributed by atoms with Gasteiger partial charge in [-0.2, -0.15) is 0 Å². The lowest BCUT2D eigenvalue weighted by atomic mass is 9.95. The molecule has 1 aliphatic rings. The number of nitrogens with zero attached hydrogens (tertiary/aromatic N) is 1. The van der Waals surface area contributed by atoms with Gasteiger partial charge >= 0.3 is 0 Å². The van der Waals surface area contributed by atoms with Crippen molar-refractivity contribution in [3.63, 3.8) is 0 Å². The average molecular weight is 261 g/mol. The van der Waals surface area contributed by atoms with E-state index in [1.54, 1.807) is 7.05 Å². The van der Waals surface area contributed by atoms with Crippen LogP contribution in [0.25, 0.3) is 0 Å². The van der Waals surface area contributed by atoms with Crippen LogP contribution in [0.2, 0.25) is 0 Å². The predicted molar refractivity (Wildman–Crippen MR) is 77.8 cm³/mol. The second-order valence-electron chi connectivity index (χ2n) is 5.22. The van der Waals surface area contributed by atoms with Gasteiger partial charge in [-0.15, -0.1) is 0 Å². The van der Waals surface area contributed by atoms with Gasteiger partial charge in [0, 0.05) is 25.2 Å². The van der Waals surface area contributed by atoms with Gasteiger partial charge < -0.3 is 16.0 Å². The molecule has 0 aliphatic carbocycles. The zero-order valence-corrected chi connectivity index (χ0v) is 11.6. The van der Waals surface area contributed by atoms with Gasteiger partial charge in [0.1, 0.15) is 0 Å². The average Bonchev–Trinajstić information content (AvgIpc) is 2.46. The van der Waals surface area contributed by atoms with Crippen LogP contribution in [0.1, 0.15) is 18.4 Å². The van der Waals surface area contributed by atoms with Gasteiger partial charge in [0.15, 0.2) is 0 Å². The van der Waals surface area contributed by atoms with Crippen molar-refractivity contribution in [1.29, 1.82) is 0 Å². The monoisotopic (exact) mass is 261 g/mol. The number of likely N-dealkylation sites (tertiary alicyclic amines) is 1. The van der Waals surface area contributed by atoms with Crippen LogP contribution in [-0.4, -0.2) is 37.5 Å². The van der Waals surface area contributed by atoms with E-state index in [4.69, 9.17) is 5.73 Å². The molecule has 3 N–H and O–H groups in total. The lowest BCUT2D eigenvalue weighted by Crippen LogP contribution is -2.40. The Balaban J connectivity index is 1.74. The summed E-state index contributed by atoms with van der Waals surface area (Å²) in [6, 6.07) is 8.08.